The second kappa shape index (κ2) is 5.09. The summed E-state index contributed by atoms with van der Waals surface area (Å²) in [6.07, 6.45) is 2.13. The fourth-order valence-corrected chi connectivity index (χ4v) is 4.13. The summed E-state index contributed by atoms with van der Waals surface area (Å²) in [5.41, 5.74) is -0.909. The number of carbonyl (C=O) groups is 2. The first kappa shape index (κ1) is 14.3. The van der Waals surface area contributed by atoms with Crippen LogP contribution in [0.1, 0.15) is 32.6 Å². The number of amides is 3. The SMILES string of the molecule is CCCCS(=O)(=O)N1CCC2(CC1)NC(=O)NC2=O. The lowest BCUT2D eigenvalue weighted by atomic mass is 9.89. The van der Waals surface area contributed by atoms with E-state index < -0.39 is 21.6 Å². The average molecular weight is 289 g/mol. The molecule has 0 atom stereocenters. The van der Waals surface area contributed by atoms with Crippen LogP contribution < -0.4 is 10.6 Å². The molecule has 2 fully saturated rings. The Morgan fingerprint density at radius 2 is 1.89 bits per heavy atom. The molecule has 0 aromatic rings. The van der Waals surface area contributed by atoms with Gasteiger partial charge in [-0.15, -0.1) is 0 Å². The lowest BCUT2D eigenvalue weighted by molar-refractivity contribution is -0.125. The number of piperidine rings is 1. The van der Waals surface area contributed by atoms with Crippen LogP contribution in [0.3, 0.4) is 0 Å². The summed E-state index contributed by atoms with van der Waals surface area (Å²) in [4.78, 5) is 22.9. The van der Waals surface area contributed by atoms with Crippen molar-refractivity contribution < 1.29 is 18.0 Å². The molecule has 108 valence electrons. The van der Waals surface area contributed by atoms with Gasteiger partial charge in [-0.1, -0.05) is 13.3 Å². The molecule has 8 heteroatoms. The van der Waals surface area contributed by atoms with E-state index >= 15 is 0 Å². The highest BCUT2D eigenvalue weighted by atomic mass is 32.2. The van der Waals surface area contributed by atoms with E-state index in [1.807, 2.05) is 6.92 Å². The molecular formula is C11H19N3O4S. The molecule has 7 nitrogen and oxygen atoms in total. The highest BCUT2D eigenvalue weighted by molar-refractivity contribution is 7.89. The van der Waals surface area contributed by atoms with Crippen LogP contribution in [0.4, 0.5) is 4.79 Å². The zero-order valence-electron chi connectivity index (χ0n) is 10.9. The summed E-state index contributed by atoms with van der Waals surface area (Å²) in [7, 11) is -3.23. The maximum atomic E-state index is 12.0. The lowest BCUT2D eigenvalue weighted by Gasteiger charge is -2.36. The number of unbranched alkanes of at least 4 members (excludes halogenated alkanes) is 1. The third-order valence-corrected chi connectivity index (χ3v) is 5.70. The molecule has 2 N–H and O–H groups in total. The molecule has 0 aliphatic carbocycles. The first-order valence-corrected chi connectivity index (χ1v) is 8.12. The van der Waals surface area contributed by atoms with Crippen LogP contribution in [0.2, 0.25) is 0 Å². The molecule has 0 bridgehead atoms. The standard InChI is InChI=1S/C11H19N3O4S/c1-2-3-8-19(17,18)14-6-4-11(5-7-14)9(15)12-10(16)13-11/h2-8H2,1H3,(H2,12,13,15,16). The smallest absolute Gasteiger partial charge is 0.322 e. The Morgan fingerprint density at radius 3 is 2.37 bits per heavy atom. The molecule has 2 aliphatic rings. The number of sulfonamides is 1. The molecule has 0 aromatic heterocycles. The summed E-state index contributed by atoms with van der Waals surface area (Å²) < 4.78 is 25.5. The summed E-state index contributed by atoms with van der Waals surface area (Å²) in [5, 5.41) is 4.82. The third-order valence-electron chi connectivity index (χ3n) is 3.74. The second-order valence-corrected chi connectivity index (χ2v) is 7.15. The van der Waals surface area contributed by atoms with Gasteiger partial charge in [-0.2, -0.15) is 0 Å². The Kier molecular flexibility index (Phi) is 3.82. The minimum Gasteiger partial charge on any atom is -0.323 e. The maximum Gasteiger partial charge on any atom is 0.322 e. The van der Waals surface area contributed by atoms with Crippen LogP contribution in [0, 0.1) is 0 Å². The van der Waals surface area contributed by atoms with E-state index in [1.165, 1.54) is 4.31 Å². The molecule has 19 heavy (non-hydrogen) atoms. The second-order valence-electron chi connectivity index (χ2n) is 5.06. The van der Waals surface area contributed by atoms with Crippen molar-refractivity contribution in [1.29, 1.82) is 0 Å². The fraction of sp³-hybridized carbons (Fsp3) is 0.818. The van der Waals surface area contributed by atoms with Gasteiger partial charge in [-0.3, -0.25) is 10.1 Å². The molecular weight excluding hydrogens is 270 g/mol. The molecule has 0 saturated carbocycles. The number of hydrogen-bond acceptors (Lipinski definition) is 4. The molecule has 0 unspecified atom stereocenters. The Labute approximate surface area is 112 Å². The van der Waals surface area contributed by atoms with Gasteiger partial charge in [0.25, 0.3) is 5.91 Å². The predicted molar refractivity (Wildman–Crippen MR) is 68.9 cm³/mol. The number of urea groups is 1. The summed E-state index contributed by atoms with van der Waals surface area (Å²) in [6, 6.07) is -0.493. The van der Waals surface area contributed by atoms with Gasteiger partial charge >= 0.3 is 6.03 Å². The first-order valence-electron chi connectivity index (χ1n) is 6.51. The Bertz CT molecular complexity index is 480. The van der Waals surface area contributed by atoms with Crippen LogP contribution in [0.25, 0.3) is 0 Å². The van der Waals surface area contributed by atoms with Gasteiger partial charge in [-0.05, 0) is 19.3 Å². The molecule has 2 rings (SSSR count). The molecule has 2 heterocycles. The normalized spacial score (nSPS) is 23.4. The van der Waals surface area contributed by atoms with Crippen molar-refractivity contribution in [2.24, 2.45) is 0 Å². The van der Waals surface area contributed by atoms with Crippen molar-refractivity contribution in [3.63, 3.8) is 0 Å². The minimum atomic E-state index is -3.23. The van der Waals surface area contributed by atoms with Crippen molar-refractivity contribution >= 4 is 22.0 Å². The molecule has 0 aromatic carbocycles. The monoisotopic (exact) mass is 289 g/mol. The summed E-state index contributed by atoms with van der Waals surface area (Å²) >= 11 is 0. The third kappa shape index (κ3) is 2.74. The molecule has 3 amide bonds. The van der Waals surface area contributed by atoms with Crippen molar-refractivity contribution in [2.45, 2.75) is 38.1 Å². The van der Waals surface area contributed by atoms with E-state index in [2.05, 4.69) is 10.6 Å². The van der Waals surface area contributed by atoms with E-state index in [1.54, 1.807) is 0 Å². The zero-order chi connectivity index (χ0) is 14.1. The Hall–Kier alpha value is -1.15. The van der Waals surface area contributed by atoms with Crippen molar-refractivity contribution in [2.75, 3.05) is 18.8 Å². The van der Waals surface area contributed by atoms with E-state index in [9.17, 15) is 18.0 Å². The van der Waals surface area contributed by atoms with Gasteiger partial charge in [0.05, 0.1) is 5.75 Å². The number of nitrogens with one attached hydrogen (secondary N) is 2. The molecule has 2 aliphatic heterocycles. The van der Waals surface area contributed by atoms with Gasteiger partial charge in [0.2, 0.25) is 10.0 Å². The molecule has 0 radical (unpaired) electrons. The van der Waals surface area contributed by atoms with Gasteiger partial charge in [0, 0.05) is 13.1 Å². The lowest BCUT2D eigenvalue weighted by Crippen LogP contribution is -2.55. The highest BCUT2D eigenvalue weighted by Crippen LogP contribution is 2.27. The maximum absolute atomic E-state index is 12.0. The highest BCUT2D eigenvalue weighted by Gasteiger charge is 2.49. The quantitative estimate of drug-likeness (QED) is 0.700. The topological polar surface area (TPSA) is 95.6 Å². The first-order chi connectivity index (χ1) is 8.89. The van der Waals surface area contributed by atoms with Crippen LogP contribution in [0.15, 0.2) is 0 Å². The number of imide groups is 1. The van der Waals surface area contributed by atoms with Gasteiger partial charge < -0.3 is 5.32 Å². The minimum absolute atomic E-state index is 0.148. The Balaban J connectivity index is 2.00. The number of carbonyl (C=O) groups excluding carboxylic acids is 2. The number of nitrogens with zero attached hydrogens (tertiary/aromatic N) is 1. The van der Waals surface area contributed by atoms with Gasteiger partial charge in [0.1, 0.15) is 5.54 Å². The van der Waals surface area contributed by atoms with E-state index in [4.69, 9.17) is 0 Å². The van der Waals surface area contributed by atoms with Gasteiger partial charge in [0.15, 0.2) is 0 Å². The summed E-state index contributed by atoms with van der Waals surface area (Å²) in [5.74, 6) is -0.196. The van der Waals surface area contributed by atoms with E-state index in [-0.39, 0.29) is 24.7 Å². The zero-order valence-corrected chi connectivity index (χ0v) is 11.8. The van der Waals surface area contributed by atoms with Crippen molar-refractivity contribution in [3.05, 3.63) is 0 Å². The molecule has 2 saturated heterocycles. The van der Waals surface area contributed by atoms with Crippen LogP contribution in [-0.2, 0) is 14.8 Å². The Morgan fingerprint density at radius 1 is 1.26 bits per heavy atom. The van der Waals surface area contributed by atoms with Crippen LogP contribution >= 0.6 is 0 Å². The van der Waals surface area contributed by atoms with E-state index in [0.717, 1.165) is 6.42 Å². The molecule has 1 spiro atoms. The van der Waals surface area contributed by atoms with Gasteiger partial charge in [-0.25, -0.2) is 17.5 Å². The van der Waals surface area contributed by atoms with E-state index in [0.29, 0.717) is 19.3 Å². The number of rotatable bonds is 4. The number of hydrogen-bond donors (Lipinski definition) is 2. The average Bonchev–Trinajstić information content (AvgIpc) is 2.62. The van der Waals surface area contributed by atoms with Crippen LogP contribution in [0.5, 0.6) is 0 Å². The van der Waals surface area contributed by atoms with Crippen molar-refractivity contribution in [1.82, 2.24) is 14.9 Å². The fourth-order valence-electron chi connectivity index (χ4n) is 2.48. The van der Waals surface area contributed by atoms with Crippen molar-refractivity contribution in [3.8, 4) is 0 Å². The predicted octanol–water partition coefficient (Wildman–Crippen LogP) is -0.210. The largest absolute Gasteiger partial charge is 0.323 e. The summed E-state index contributed by atoms with van der Waals surface area (Å²) in [6.45, 7) is 2.50. The van der Waals surface area contributed by atoms with Crippen LogP contribution in [-0.4, -0.2) is 49.0 Å².